The fraction of sp³-hybridized carbons (Fsp3) is 0.375. The Morgan fingerprint density at radius 2 is 1.97 bits per heavy atom. The zero-order valence-electron chi connectivity index (χ0n) is 19.0. The fourth-order valence-corrected chi connectivity index (χ4v) is 5.29. The van der Waals surface area contributed by atoms with Crippen LogP contribution in [-0.4, -0.2) is 38.7 Å². The van der Waals surface area contributed by atoms with Gasteiger partial charge in [0.1, 0.15) is 12.6 Å². The van der Waals surface area contributed by atoms with Crippen LogP contribution in [0.5, 0.6) is 0 Å². The van der Waals surface area contributed by atoms with Crippen LogP contribution in [0.2, 0.25) is 0 Å². The highest BCUT2D eigenvalue weighted by molar-refractivity contribution is 7.09. The quantitative estimate of drug-likeness (QED) is 0.547. The Hall–Kier alpha value is -3.18. The lowest BCUT2D eigenvalue weighted by molar-refractivity contribution is -0.142. The number of carbonyl (C=O) groups excluding carboxylic acids is 1. The molecule has 11 heteroatoms. The number of nitrogens with zero attached hydrogens (tertiary/aromatic N) is 4. The van der Waals surface area contributed by atoms with E-state index in [1.165, 1.54) is 6.92 Å². The second-order valence-corrected chi connectivity index (χ2v) is 9.57. The molecule has 1 atom stereocenters. The van der Waals surface area contributed by atoms with Crippen molar-refractivity contribution >= 4 is 22.9 Å². The van der Waals surface area contributed by atoms with Gasteiger partial charge in [0.2, 0.25) is 5.91 Å². The predicted octanol–water partition coefficient (Wildman–Crippen LogP) is 4.69. The van der Waals surface area contributed by atoms with E-state index in [0.717, 1.165) is 45.6 Å². The molecular formula is C24H24F3N5O2S. The number of halogens is 3. The van der Waals surface area contributed by atoms with Gasteiger partial charge in [-0.2, -0.15) is 18.3 Å². The maximum atomic E-state index is 12.9. The summed E-state index contributed by atoms with van der Waals surface area (Å²) in [4.78, 5) is 24.9. The average molecular weight is 504 g/mol. The van der Waals surface area contributed by atoms with Crippen molar-refractivity contribution in [3.63, 3.8) is 0 Å². The van der Waals surface area contributed by atoms with Crippen molar-refractivity contribution in [1.29, 1.82) is 0 Å². The predicted molar refractivity (Wildman–Crippen MR) is 124 cm³/mol. The summed E-state index contributed by atoms with van der Waals surface area (Å²) in [6.45, 7) is 2.38. The maximum Gasteiger partial charge on any atom is 0.435 e. The Labute approximate surface area is 204 Å². The van der Waals surface area contributed by atoms with Gasteiger partial charge in [0.05, 0.1) is 16.4 Å². The van der Waals surface area contributed by atoms with Gasteiger partial charge in [0.15, 0.2) is 5.69 Å². The summed E-state index contributed by atoms with van der Waals surface area (Å²) in [5.41, 5.74) is 5.03. The first kappa shape index (κ1) is 23.6. The first-order valence-corrected chi connectivity index (χ1v) is 12.2. The normalized spacial score (nSPS) is 19.0. The van der Waals surface area contributed by atoms with E-state index >= 15 is 0 Å². The highest BCUT2D eigenvalue weighted by atomic mass is 32.1. The SMILES string of the molecule is Cc1cc(C(F)(F)F)nn1CC(=O)N1CCC(c2nc(C3=C[C@H](c4ccccc4)ON3)cs2)CC1. The molecule has 5 rings (SSSR count). The van der Waals surface area contributed by atoms with Gasteiger partial charge in [0.25, 0.3) is 0 Å². The number of hydrogen-bond acceptors (Lipinski definition) is 6. The number of hydroxylamine groups is 1. The largest absolute Gasteiger partial charge is 0.435 e. The lowest BCUT2D eigenvalue weighted by Gasteiger charge is -2.31. The number of hydrogen-bond donors (Lipinski definition) is 1. The lowest BCUT2D eigenvalue weighted by Crippen LogP contribution is -2.40. The number of aromatic nitrogens is 3. The molecule has 1 aromatic carbocycles. The van der Waals surface area contributed by atoms with Gasteiger partial charge in [0, 0.05) is 30.1 Å². The fourth-order valence-electron chi connectivity index (χ4n) is 4.30. The Bertz CT molecular complexity index is 1230. The number of thiazole rings is 1. The molecule has 2 aliphatic heterocycles. The third-order valence-electron chi connectivity index (χ3n) is 6.29. The molecule has 1 N–H and O–H groups in total. The molecule has 3 aromatic rings. The molecule has 0 bridgehead atoms. The Balaban J connectivity index is 1.17. The van der Waals surface area contributed by atoms with Crippen LogP contribution in [0.1, 0.15) is 52.5 Å². The van der Waals surface area contributed by atoms with Crippen molar-refractivity contribution in [3.05, 3.63) is 75.5 Å². The van der Waals surface area contributed by atoms with Gasteiger partial charge in [-0.1, -0.05) is 30.3 Å². The van der Waals surface area contributed by atoms with Gasteiger partial charge < -0.3 is 4.90 Å². The minimum atomic E-state index is -4.53. The summed E-state index contributed by atoms with van der Waals surface area (Å²) in [6, 6.07) is 10.9. The van der Waals surface area contributed by atoms with E-state index in [1.54, 1.807) is 16.2 Å². The van der Waals surface area contributed by atoms with E-state index < -0.39 is 11.9 Å². The van der Waals surface area contributed by atoms with E-state index in [-0.39, 0.29) is 24.5 Å². The number of carbonyl (C=O) groups is 1. The molecule has 2 aliphatic rings. The molecule has 0 spiro atoms. The van der Waals surface area contributed by atoms with Crippen LogP contribution >= 0.6 is 11.3 Å². The molecule has 0 aliphatic carbocycles. The molecule has 0 unspecified atom stereocenters. The van der Waals surface area contributed by atoms with Crippen molar-refractivity contribution in [2.24, 2.45) is 0 Å². The van der Waals surface area contributed by atoms with Crippen LogP contribution in [0.25, 0.3) is 5.70 Å². The Morgan fingerprint density at radius 3 is 2.66 bits per heavy atom. The highest BCUT2D eigenvalue weighted by Gasteiger charge is 2.35. The zero-order chi connectivity index (χ0) is 24.6. The summed E-state index contributed by atoms with van der Waals surface area (Å²) < 4.78 is 39.8. The van der Waals surface area contributed by atoms with Crippen molar-refractivity contribution in [3.8, 4) is 0 Å². The molecule has 7 nitrogen and oxygen atoms in total. The van der Waals surface area contributed by atoms with Crippen LogP contribution < -0.4 is 5.48 Å². The number of rotatable bonds is 5. The maximum absolute atomic E-state index is 12.9. The average Bonchev–Trinajstić information content (AvgIpc) is 3.60. The number of amides is 1. The summed E-state index contributed by atoms with van der Waals surface area (Å²) in [7, 11) is 0. The number of aryl methyl sites for hydroxylation is 1. The van der Waals surface area contributed by atoms with Crippen molar-refractivity contribution in [1.82, 2.24) is 25.1 Å². The lowest BCUT2D eigenvalue weighted by atomic mass is 9.97. The van der Waals surface area contributed by atoms with Gasteiger partial charge >= 0.3 is 6.18 Å². The second-order valence-electron chi connectivity index (χ2n) is 8.68. The second kappa shape index (κ2) is 9.46. The van der Waals surface area contributed by atoms with Gasteiger partial charge in [-0.25, -0.2) is 4.98 Å². The minimum Gasteiger partial charge on any atom is -0.341 e. The van der Waals surface area contributed by atoms with E-state index in [1.807, 2.05) is 41.8 Å². The van der Waals surface area contributed by atoms with Crippen LogP contribution in [0.3, 0.4) is 0 Å². The topological polar surface area (TPSA) is 72.3 Å². The van der Waals surface area contributed by atoms with E-state index in [2.05, 4.69) is 10.6 Å². The van der Waals surface area contributed by atoms with Crippen LogP contribution in [-0.2, 0) is 22.4 Å². The standard InChI is InChI=1S/C24H24F3N5O2S/c1-15-11-21(24(25,26)27)29-32(15)13-22(33)31-9-7-17(8-10-31)23-28-19(14-35-23)18-12-20(34-30-18)16-5-3-2-4-6-16/h2-6,11-12,14,17,20,30H,7-10,13H2,1H3/t20-/m1/s1. The molecular weight excluding hydrogens is 479 g/mol. The van der Waals surface area contributed by atoms with Gasteiger partial charge in [-0.05, 0) is 37.5 Å². The zero-order valence-corrected chi connectivity index (χ0v) is 19.8. The number of likely N-dealkylation sites (tertiary alicyclic amines) is 1. The van der Waals surface area contributed by atoms with Gasteiger partial charge in [-0.15, -0.1) is 11.3 Å². The summed E-state index contributed by atoms with van der Waals surface area (Å²) in [5.74, 6) is 0.00142. The molecule has 4 heterocycles. The van der Waals surface area contributed by atoms with Crippen molar-refractivity contribution < 1.29 is 22.8 Å². The summed E-state index contributed by atoms with van der Waals surface area (Å²) in [6.07, 6.45) is -1.18. The number of benzene rings is 1. The third kappa shape index (κ3) is 5.10. The Kier molecular flexibility index (Phi) is 6.37. The first-order chi connectivity index (χ1) is 16.8. The molecule has 35 heavy (non-hydrogen) atoms. The Morgan fingerprint density at radius 1 is 1.23 bits per heavy atom. The van der Waals surface area contributed by atoms with Crippen molar-refractivity contribution in [2.75, 3.05) is 13.1 Å². The molecule has 1 amide bonds. The molecule has 0 saturated carbocycles. The molecule has 184 valence electrons. The third-order valence-corrected chi connectivity index (χ3v) is 7.30. The summed E-state index contributed by atoms with van der Waals surface area (Å²) in [5, 5.41) is 6.57. The van der Waals surface area contributed by atoms with Crippen LogP contribution in [0, 0.1) is 6.92 Å². The molecule has 1 fully saturated rings. The molecule has 1 saturated heterocycles. The molecule has 2 aromatic heterocycles. The van der Waals surface area contributed by atoms with E-state index in [4.69, 9.17) is 9.82 Å². The number of piperidine rings is 1. The molecule has 0 radical (unpaired) electrons. The van der Waals surface area contributed by atoms with E-state index in [0.29, 0.717) is 18.8 Å². The first-order valence-electron chi connectivity index (χ1n) is 11.3. The number of nitrogens with one attached hydrogen (secondary N) is 1. The van der Waals surface area contributed by atoms with E-state index in [9.17, 15) is 18.0 Å². The smallest absolute Gasteiger partial charge is 0.341 e. The minimum absolute atomic E-state index is 0.170. The number of alkyl halides is 3. The van der Waals surface area contributed by atoms with Crippen molar-refractivity contribution in [2.45, 2.75) is 44.5 Å². The van der Waals surface area contributed by atoms with Crippen LogP contribution in [0.4, 0.5) is 13.2 Å². The highest BCUT2D eigenvalue weighted by Crippen LogP contribution is 2.34. The van der Waals surface area contributed by atoms with Crippen LogP contribution in [0.15, 0.2) is 47.9 Å². The monoisotopic (exact) mass is 503 g/mol. The summed E-state index contributed by atoms with van der Waals surface area (Å²) >= 11 is 1.59. The van der Waals surface area contributed by atoms with Gasteiger partial charge in [-0.3, -0.25) is 19.8 Å².